The maximum absolute atomic E-state index is 12.3. The molecular weight excluding hydrogens is 256 g/mol. The van der Waals surface area contributed by atoms with Gasteiger partial charge in [0.25, 0.3) is 0 Å². The van der Waals surface area contributed by atoms with Gasteiger partial charge in [0.05, 0.1) is 13.2 Å². The van der Waals surface area contributed by atoms with Crippen LogP contribution < -0.4 is 0 Å². The molecule has 0 spiro atoms. The lowest BCUT2D eigenvalue weighted by molar-refractivity contribution is -0.171. The van der Waals surface area contributed by atoms with Crippen molar-refractivity contribution < 1.29 is 19.1 Å². The topological polar surface area (TPSA) is 52.6 Å². The Morgan fingerprint density at radius 2 is 1.55 bits per heavy atom. The van der Waals surface area contributed by atoms with Crippen LogP contribution in [0.2, 0.25) is 0 Å². The first-order valence-corrected chi connectivity index (χ1v) is 6.89. The molecule has 0 aliphatic heterocycles. The van der Waals surface area contributed by atoms with Crippen molar-refractivity contribution in [3.63, 3.8) is 0 Å². The number of allylic oxidation sites excluding steroid dienone is 1. The molecule has 20 heavy (non-hydrogen) atoms. The molecule has 0 radical (unpaired) electrons. The Hall–Kier alpha value is -1.76. The lowest BCUT2D eigenvalue weighted by Crippen LogP contribution is -2.42. The molecule has 112 valence electrons. The van der Waals surface area contributed by atoms with Gasteiger partial charge in [0.15, 0.2) is 5.41 Å². The summed E-state index contributed by atoms with van der Waals surface area (Å²) in [5.41, 5.74) is -0.690. The van der Waals surface area contributed by atoms with Gasteiger partial charge in [0, 0.05) is 12.8 Å². The van der Waals surface area contributed by atoms with Gasteiger partial charge < -0.3 is 9.47 Å². The first-order valence-electron chi connectivity index (χ1n) is 6.89. The van der Waals surface area contributed by atoms with Gasteiger partial charge in [-0.3, -0.25) is 9.59 Å². The second-order valence-corrected chi connectivity index (χ2v) is 4.54. The Morgan fingerprint density at radius 3 is 1.90 bits per heavy atom. The largest absolute Gasteiger partial charge is 0.465 e. The standard InChI is InChI=1S/C16H24O4/c1-6-9-10-11-16(12-13(4)5,14(17)19-7-2)15(18)20-8-3/h4,6-8,11-12H2,1-3,5H3. The number of hydrogen-bond acceptors (Lipinski definition) is 4. The van der Waals surface area contributed by atoms with E-state index < -0.39 is 17.4 Å². The highest BCUT2D eigenvalue weighted by molar-refractivity contribution is 6.00. The van der Waals surface area contributed by atoms with Crippen molar-refractivity contribution in [2.75, 3.05) is 13.2 Å². The van der Waals surface area contributed by atoms with Crippen molar-refractivity contribution in [1.82, 2.24) is 0 Å². The number of ether oxygens (including phenoxy) is 2. The molecule has 0 saturated heterocycles. The minimum absolute atomic E-state index is 0.0887. The number of esters is 2. The van der Waals surface area contributed by atoms with Crippen LogP contribution in [0.5, 0.6) is 0 Å². The highest BCUT2D eigenvalue weighted by Crippen LogP contribution is 2.33. The summed E-state index contributed by atoms with van der Waals surface area (Å²) in [4.78, 5) is 24.6. The molecule has 0 amide bonds. The smallest absolute Gasteiger partial charge is 0.324 e. The van der Waals surface area contributed by atoms with Crippen molar-refractivity contribution in [2.45, 2.75) is 47.0 Å². The van der Waals surface area contributed by atoms with E-state index in [1.165, 1.54) is 0 Å². The van der Waals surface area contributed by atoms with E-state index in [9.17, 15) is 9.59 Å². The summed E-state index contributed by atoms with van der Waals surface area (Å²) in [6.07, 6.45) is 0.934. The van der Waals surface area contributed by atoms with Gasteiger partial charge in [0.2, 0.25) is 0 Å². The second kappa shape index (κ2) is 9.19. The van der Waals surface area contributed by atoms with Crippen LogP contribution in [0.1, 0.15) is 47.0 Å². The molecule has 4 nitrogen and oxygen atoms in total. The first kappa shape index (κ1) is 18.2. The number of carbonyl (C=O) groups excluding carboxylic acids is 2. The molecule has 0 aromatic heterocycles. The van der Waals surface area contributed by atoms with E-state index in [-0.39, 0.29) is 26.1 Å². The fraction of sp³-hybridized carbons (Fsp3) is 0.625. The van der Waals surface area contributed by atoms with Crippen LogP contribution in [0.25, 0.3) is 0 Å². The third kappa shape index (κ3) is 5.08. The molecule has 0 aliphatic carbocycles. The Labute approximate surface area is 121 Å². The van der Waals surface area contributed by atoms with Crippen LogP contribution in [0.3, 0.4) is 0 Å². The van der Waals surface area contributed by atoms with E-state index in [2.05, 4.69) is 18.4 Å². The summed E-state index contributed by atoms with van der Waals surface area (Å²) in [7, 11) is 0. The zero-order valence-electron chi connectivity index (χ0n) is 12.9. The van der Waals surface area contributed by atoms with Gasteiger partial charge in [-0.25, -0.2) is 0 Å². The van der Waals surface area contributed by atoms with E-state index in [0.29, 0.717) is 12.0 Å². The van der Waals surface area contributed by atoms with E-state index in [0.717, 1.165) is 0 Å². The molecule has 0 bridgehead atoms. The van der Waals surface area contributed by atoms with Crippen LogP contribution in [0, 0.1) is 17.3 Å². The minimum atomic E-state index is -1.40. The maximum Gasteiger partial charge on any atom is 0.324 e. The molecular formula is C16H24O4. The molecule has 0 unspecified atom stereocenters. The van der Waals surface area contributed by atoms with E-state index in [4.69, 9.17) is 9.47 Å². The fourth-order valence-corrected chi connectivity index (χ4v) is 1.83. The van der Waals surface area contributed by atoms with Crippen molar-refractivity contribution >= 4 is 11.9 Å². The zero-order chi connectivity index (χ0) is 15.6. The summed E-state index contributed by atoms with van der Waals surface area (Å²) in [6, 6.07) is 0. The molecule has 0 atom stereocenters. The van der Waals surface area contributed by atoms with Crippen LogP contribution in [0.15, 0.2) is 12.2 Å². The van der Waals surface area contributed by atoms with Crippen LogP contribution >= 0.6 is 0 Å². The molecule has 0 aromatic carbocycles. The van der Waals surface area contributed by atoms with Crippen molar-refractivity contribution in [3.05, 3.63) is 12.2 Å². The molecule has 0 aromatic rings. The van der Waals surface area contributed by atoms with Crippen molar-refractivity contribution in [1.29, 1.82) is 0 Å². The number of rotatable bonds is 7. The SMILES string of the molecule is C=C(C)CC(CC#CCC)(C(=O)OCC)C(=O)OCC. The number of carbonyl (C=O) groups is 2. The van der Waals surface area contributed by atoms with Crippen molar-refractivity contribution in [2.24, 2.45) is 5.41 Å². The first-order chi connectivity index (χ1) is 9.44. The van der Waals surface area contributed by atoms with Crippen LogP contribution in [-0.2, 0) is 19.1 Å². The monoisotopic (exact) mass is 280 g/mol. The summed E-state index contributed by atoms with van der Waals surface area (Å²) < 4.78 is 10.1. The molecule has 0 heterocycles. The van der Waals surface area contributed by atoms with Crippen LogP contribution in [0.4, 0.5) is 0 Å². The summed E-state index contributed by atoms with van der Waals surface area (Å²) in [5, 5.41) is 0. The maximum atomic E-state index is 12.3. The fourth-order valence-electron chi connectivity index (χ4n) is 1.83. The molecule has 4 heteroatoms. The molecule has 0 aliphatic rings. The molecule has 0 rings (SSSR count). The summed E-state index contributed by atoms with van der Waals surface area (Å²) >= 11 is 0. The van der Waals surface area contributed by atoms with E-state index in [1.807, 2.05) is 6.92 Å². The van der Waals surface area contributed by atoms with E-state index in [1.54, 1.807) is 20.8 Å². The molecule has 0 saturated carbocycles. The third-order valence-electron chi connectivity index (χ3n) is 2.63. The van der Waals surface area contributed by atoms with Gasteiger partial charge in [-0.05, 0) is 27.2 Å². The van der Waals surface area contributed by atoms with Gasteiger partial charge in [-0.1, -0.05) is 12.5 Å². The highest BCUT2D eigenvalue weighted by atomic mass is 16.6. The third-order valence-corrected chi connectivity index (χ3v) is 2.63. The van der Waals surface area contributed by atoms with Crippen LogP contribution in [-0.4, -0.2) is 25.2 Å². The molecule has 0 N–H and O–H groups in total. The van der Waals surface area contributed by atoms with E-state index >= 15 is 0 Å². The second-order valence-electron chi connectivity index (χ2n) is 4.54. The Bertz CT molecular complexity index is 394. The number of hydrogen-bond donors (Lipinski definition) is 0. The Kier molecular flexibility index (Phi) is 8.38. The Morgan fingerprint density at radius 1 is 1.05 bits per heavy atom. The lowest BCUT2D eigenvalue weighted by Gasteiger charge is -2.27. The average Bonchev–Trinajstić information content (AvgIpc) is 2.37. The summed E-state index contributed by atoms with van der Waals surface area (Å²) in [6.45, 7) is 11.3. The zero-order valence-corrected chi connectivity index (χ0v) is 12.9. The predicted octanol–water partition coefficient (Wildman–Crippen LogP) is 2.87. The van der Waals surface area contributed by atoms with Crippen molar-refractivity contribution in [3.8, 4) is 11.8 Å². The van der Waals surface area contributed by atoms with Gasteiger partial charge in [-0.2, -0.15) is 0 Å². The lowest BCUT2D eigenvalue weighted by atomic mass is 9.79. The predicted molar refractivity (Wildman–Crippen MR) is 77.8 cm³/mol. The molecule has 0 fully saturated rings. The van der Waals surface area contributed by atoms with Gasteiger partial charge in [-0.15, -0.1) is 18.4 Å². The van der Waals surface area contributed by atoms with Gasteiger partial charge in [0.1, 0.15) is 0 Å². The highest BCUT2D eigenvalue weighted by Gasteiger charge is 2.48. The Balaban J connectivity index is 5.54. The normalized spacial score (nSPS) is 10.2. The summed E-state index contributed by atoms with van der Waals surface area (Å²) in [5.74, 6) is 4.56. The van der Waals surface area contributed by atoms with Gasteiger partial charge >= 0.3 is 11.9 Å². The minimum Gasteiger partial charge on any atom is -0.465 e. The average molecular weight is 280 g/mol. The quantitative estimate of drug-likeness (QED) is 0.311.